The summed E-state index contributed by atoms with van der Waals surface area (Å²) in [5.74, 6) is -0.844. The predicted octanol–water partition coefficient (Wildman–Crippen LogP) is 2.69. The van der Waals surface area contributed by atoms with Gasteiger partial charge in [0.25, 0.3) is 5.91 Å². The fourth-order valence-electron chi connectivity index (χ4n) is 3.75. The number of hydrogen-bond acceptors (Lipinski definition) is 3. The largest absolute Gasteiger partial charge is 0.478 e. The molecule has 1 spiro atoms. The molecule has 1 atom stereocenters. The zero-order valence-corrected chi connectivity index (χ0v) is 12.2. The Morgan fingerprint density at radius 2 is 2.14 bits per heavy atom. The van der Waals surface area contributed by atoms with E-state index in [2.05, 4.69) is 19.2 Å². The molecule has 1 aromatic heterocycles. The lowest BCUT2D eigenvalue weighted by Gasteiger charge is -2.44. The van der Waals surface area contributed by atoms with Crippen LogP contribution in [-0.4, -0.2) is 23.0 Å². The van der Waals surface area contributed by atoms with Crippen molar-refractivity contribution >= 4 is 18.0 Å². The van der Waals surface area contributed by atoms with Crippen molar-refractivity contribution < 1.29 is 19.1 Å². The standard InChI is InChI=1S/C16H19NO4/c1-15(2)8-16(9-15)6-12(16)17-14(20)10-5-11(21-7-10)3-4-13(18)19/h3-5,7,12H,6,8-9H2,1-2H3,(H,17,20)(H,18,19)/b4-3+. The Hall–Kier alpha value is -2.04. The average molecular weight is 289 g/mol. The van der Waals surface area contributed by atoms with Crippen LogP contribution in [0, 0.1) is 10.8 Å². The Balaban J connectivity index is 1.56. The van der Waals surface area contributed by atoms with Gasteiger partial charge in [0.2, 0.25) is 0 Å². The summed E-state index contributed by atoms with van der Waals surface area (Å²) in [6.07, 6.45) is 7.06. The van der Waals surface area contributed by atoms with Gasteiger partial charge in [-0.25, -0.2) is 4.79 Å². The number of furan rings is 1. The third kappa shape index (κ3) is 2.73. The Morgan fingerprint density at radius 3 is 2.76 bits per heavy atom. The Bertz CT molecular complexity index is 618. The highest BCUT2D eigenvalue weighted by atomic mass is 16.4. The number of amides is 1. The van der Waals surface area contributed by atoms with Crippen LogP contribution in [-0.2, 0) is 4.79 Å². The molecule has 2 aliphatic carbocycles. The SMILES string of the molecule is CC1(C)CC2(CC2NC(=O)c2coc(/C=C/C(=O)O)c2)C1. The minimum atomic E-state index is -1.05. The first kappa shape index (κ1) is 13.9. The third-order valence-electron chi connectivity index (χ3n) is 4.43. The van der Waals surface area contributed by atoms with Crippen molar-refractivity contribution in [3.8, 4) is 0 Å². The summed E-state index contributed by atoms with van der Waals surface area (Å²) in [5, 5.41) is 11.6. The van der Waals surface area contributed by atoms with Gasteiger partial charge in [-0.05, 0) is 42.2 Å². The van der Waals surface area contributed by atoms with E-state index in [-0.39, 0.29) is 11.9 Å². The van der Waals surface area contributed by atoms with E-state index >= 15 is 0 Å². The van der Waals surface area contributed by atoms with Gasteiger partial charge < -0.3 is 14.8 Å². The van der Waals surface area contributed by atoms with Crippen molar-refractivity contribution in [3.63, 3.8) is 0 Å². The Kier molecular flexibility index (Phi) is 2.97. The molecular formula is C16H19NO4. The van der Waals surface area contributed by atoms with E-state index in [4.69, 9.17) is 9.52 Å². The molecule has 5 nitrogen and oxygen atoms in total. The van der Waals surface area contributed by atoms with Crippen molar-refractivity contribution in [2.75, 3.05) is 0 Å². The molecule has 1 aromatic rings. The van der Waals surface area contributed by atoms with E-state index in [1.807, 2.05) is 0 Å². The number of hydrogen-bond donors (Lipinski definition) is 2. The molecule has 0 radical (unpaired) electrons. The monoisotopic (exact) mass is 289 g/mol. The van der Waals surface area contributed by atoms with Gasteiger partial charge in [-0.3, -0.25) is 4.79 Å². The normalized spacial score (nSPS) is 24.8. The number of carbonyl (C=O) groups excluding carboxylic acids is 1. The number of carboxylic acids is 1. The summed E-state index contributed by atoms with van der Waals surface area (Å²) in [7, 11) is 0. The molecule has 1 amide bonds. The predicted molar refractivity (Wildman–Crippen MR) is 76.7 cm³/mol. The smallest absolute Gasteiger partial charge is 0.328 e. The molecule has 3 rings (SSSR count). The molecule has 0 bridgehead atoms. The van der Waals surface area contributed by atoms with Crippen molar-refractivity contribution in [2.24, 2.45) is 10.8 Å². The molecule has 2 N–H and O–H groups in total. The second-order valence-corrected chi connectivity index (χ2v) is 7.02. The van der Waals surface area contributed by atoms with E-state index in [9.17, 15) is 9.59 Å². The highest BCUT2D eigenvalue weighted by Gasteiger charge is 2.64. The molecule has 2 fully saturated rings. The first-order chi connectivity index (χ1) is 9.80. The van der Waals surface area contributed by atoms with Crippen molar-refractivity contribution in [2.45, 2.75) is 39.2 Å². The molecule has 21 heavy (non-hydrogen) atoms. The molecule has 0 saturated heterocycles. The van der Waals surface area contributed by atoms with E-state index in [0.29, 0.717) is 22.2 Å². The van der Waals surface area contributed by atoms with E-state index in [1.165, 1.54) is 25.2 Å². The zero-order valence-electron chi connectivity index (χ0n) is 12.2. The second kappa shape index (κ2) is 4.48. The minimum absolute atomic E-state index is 0.152. The van der Waals surface area contributed by atoms with Crippen LogP contribution >= 0.6 is 0 Å². The van der Waals surface area contributed by atoms with Gasteiger partial charge in [0.1, 0.15) is 12.0 Å². The Morgan fingerprint density at radius 1 is 1.43 bits per heavy atom. The van der Waals surface area contributed by atoms with Gasteiger partial charge >= 0.3 is 5.97 Å². The van der Waals surface area contributed by atoms with Crippen LogP contribution < -0.4 is 5.32 Å². The van der Waals surface area contributed by atoms with Crippen LogP contribution in [0.4, 0.5) is 0 Å². The number of nitrogens with one attached hydrogen (secondary N) is 1. The molecule has 2 saturated carbocycles. The van der Waals surface area contributed by atoms with Crippen LogP contribution in [0.2, 0.25) is 0 Å². The first-order valence-electron chi connectivity index (χ1n) is 7.10. The Labute approximate surface area is 123 Å². The van der Waals surface area contributed by atoms with Crippen LogP contribution in [0.1, 0.15) is 49.2 Å². The highest BCUT2D eigenvalue weighted by molar-refractivity contribution is 5.95. The van der Waals surface area contributed by atoms with Crippen molar-refractivity contribution in [1.29, 1.82) is 0 Å². The van der Waals surface area contributed by atoms with Gasteiger partial charge in [-0.15, -0.1) is 0 Å². The lowest BCUT2D eigenvalue weighted by atomic mass is 9.61. The maximum atomic E-state index is 12.1. The molecule has 1 heterocycles. The summed E-state index contributed by atoms with van der Waals surface area (Å²) >= 11 is 0. The molecule has 5 heteroatoms. The summed E-state index contributed by atoms with van der Waals surface area (Å²) < 4.78 is 5.15. The third-order valence-corrected chi connectivity index (χ3v) is 4.43. The molecule has 1 unspecified atom stereocenters. The van der Waals surface area contributed by atoms with Crippen LogP contribution in [0.15, 0.2) is 22.8 Å². The van der Waals surface area contributed by atoms with Gasteiger partial charge in [-0.1, -0.05) is 13.8 Å². The van der Waals surface area contributed by atoms with Gasteiger partial charge in [0.15, 0.2) is 0 Å². The van der Waals surface area contributed by atoms with Gasteiger partial charge in [0, 0.05) is 12.1 Å². The topological polar surface area (TPSA) is 79.5 Å². The molecule has 0 aliphatic heterocycles. The fourth-order valence-corrected chi connectivity index (χ4v) is 3.75. The van der Waals surface area contributed by atoms with Gasteiger partial charge in [-0.2, -0.15) is 0 Å². The maximum absolute atomic E-state index is 12.1. The average Bonchev–Trinajstić information content (AvgIpc) is 2.85. The second-order valence-electron chi connectivity index (χ2n) is 7.02. The van der Waals surface area contributed by atoms with Crippen LogP contribution in [0.3, 0.4) is 0 Å². The lowest BCUT2D eigenvalue weighted by molar-refractivity contribution is -0.131. The summed E-state index contributed by atoms with van der Waals surface area (Å²) in [6.45, 7) is 4.51. The number of rotatable bonds is 4. The molecule has 0 aromatic carbocycles. The van der Waals surface area contributed by atoms with Crippen molar-refractivity contribution in [1.82, 2.24) is 5.32 Å². The van der Waals surface area contributed by atoms with E-state index in [1.54, 1.807) is 6.07 Å². The molecule has 2 aliphatic rings. The quantitative estimate of drug-likeness (QED) is 0.835. The van der Waals surface area contributed by atoms with Crippen molar-refractivity contribution in [3.05, 3.63) is 29.7 Å². The van der Waals surface area contributed by atoms with Crippen LogP contribution in [0.25, 0.3) is 6.08 Å². The number of carbonyl (C=O) groups is 2. The zero-order chi connectivity index (χ0) is 15.3. The lowest BCUT2D eigenvalue weighted by Crippen LogP contribution is -2.40. The molecular weight excluding hydrogens is 270 g/mol. The van der Waals surface area contributed by atoms with Crippen LogP contribution in [0.5, 0.6) is 0 Å². The summed E-state index contributed by atoms with van der Waals surface area (Å²) in [6, 6.07) is 1.82. The highest BCUT2D eigenvalue weighted by Crippen LogP contribution is 2.68. The minimum Gasteiger partial charge on any atom is -0.478 e. The fraction of sp³-hybridized carbons (Fsp3) is 0.500. The number of carboxylic acid groups (broad SMARTS) is 1. The number of aliphatic carboxylic acids is 1. The summed E-state index contributed by atoms with van der Waals surface area (Å²) in [4.78, 5) is 22.5. The molecule has 112 valence electrons. The maximum Gasteiger partial charge on any atom is 0.328 e. The first-order valence-corrected chi connectivity index (χ1v) is 7.10. The van der Waals surface area contributed by atoms with E-state index < -0.39 is 5.97 Å². The van der Waals surface area contributed by atoms with Gasteiger partial charge in [0.05, 0.1) is 5.56 Å². The summed E-state index contributed by atoms with van der Waals surface area (Å²) in [5.41, 5.74) is 1.17. The van der Waals surface area contributed by atoms with E-state index in [0.717, 1.165) is 12.5 Å².